The quantitative estimate of drug-likeness (QED) is 0.0234. The van der Waals surface area contributed by atoms with Gasteiger partial charge in [-0.3, -0.25) is 105 Å². The van der Waals surface area contributed by atoms with Crippen molar-refractivity contribution < 1.29 is 157 Å². The van der Waals surface area contributed by atoms with Crippen molar-refractivity contribution in [1.82, 2.24) is 90.4 Å². The van der Waals surface area contributed by atoms with Crippen LogP contribution < -0.4 is 108 Å². The second kappa shape index (κ2) is 59.2. The molecule has 0 heterocycles. The molecule has 0 saturated carbocycles. The van der Waals surface area contributed by atoms with E-state index in [0.717, 1.165) is 26.0 Å². The number of carbonyl (C=O) groups is 22. The van der Waals surface area contributed by atoms with Crippen molar-refractivity contribution in [3.8, 4) is 17.2 Å². The molecule has 0 spiro atoms. The summed E-state index contributed by atoms with van der Waals surface area (Å²) in [6.07, 6.45) is -9.33. The Balaban J connectivity index is 1.92. The maximum atomic E-state index is 14.6. The molecule has 0 aliphatic heterocycles. The number of aliphatic carboxylic acids is 4. The van der Waals surface area contributed by atoms with Crippen LogP contribution in [0, 0.1) is 17.8 Å². The summed E-state index contributed by atoms with van der Waals surface area (Å²) in [4.78, 5) is 300. The Bertz CT molecular complexity index is 4980. The molecule has 33 N–H and O–H groups in total. The minimum Gasteiger partial charge on any atom is -0.508 e. The molecule has 3 aromatic rings. The Morgan fingerprint density at radius 3 is 1.11 bits per heavy atom. The van der Waals surface area contributed by atoms with Crippen molar-refractivity contribution in [2.75, 3.05) is 19.7 Å². The van der Waals surface area contributed by atoms with Crippen molar-refractivity contribution >= 4 is 130 Å². The van der Waals surface area contributed by atoms with Gasteiger partial charge in [-0.1, -0.05) is 90.8 Å². The molecule has 52 nitrogen and oxygen atoms in total. The van der Waals surface area contributed by atoms with E-state index in [1.54, 1.807) is 34.6 Å². The summed E-state index contributed by atoms with van der Waals surface area (Å²) in [5.41, 5.74) is 14.3. The first-order valence-corrected chi connectivity index (χ1v) is 46.3. The number of carbonyl (C=O) groups excluding carboxylic acids is 18. The monoisotopic (exact) mass is 2030 g/mol. The molecule has 0 fully saturated rings. The predicted molar refractivity (Wildman–Crippen MR) is 508 cm³/mol. The van der Waals surface area contributed by atoms with Crippen LogP contribution in [-0.4, -0.2) is 315 Å². The van der Waals surface area contributed by atoms with Crippen LogP contribution in [0.2, 0.25) is 0 Å². The molecule has 19 atom stereocenters. The zero-order chi connectivity index (χ0) is 109. The number of nitrogens with one attached hydrogen (secondary N) is 17. The van der Waals surface area contributed by atoms with E-state index in [9.17, 15) is 157 Å². The van der Waals surface area contributed by atoms with E-state index < -0.39 is 320 Å². The normalized spacial score (nSPS) is 15.3. The maximum absolute atomic E-state index is 14.6. The standard InChI is InChI=1S/C92H138N20O32/c1-14-44(5)70(84(137)97-46(7)88(141)142)108-76(129)56(18-16-17-33-93)98-80(133)62(39-68(123)124)100-77(130)58(34-43(3)4)106-90(144)92(12,13)112-87(140)71(45(6)15-2)109-83(136)64(42-113)104-78(131)59(36-50-21-27-53(117)28-22-50)99-81(134)63(40-69(125)126)101-79(132)61(38-65(95)119)103-86(139)73(48(9)115)110-82(135)60(37-51-23-29-54(118)30-24-51)102-85(138)72(47(8)114)107-66(120)41-96-75(128)57(31-32-67(121)122)105-89(143)91(10,11)111-74(127)55(94)35-49-19-25-52(116)26-20-49/h19-30,43-48,55-64,70-73,113-118H,14-18,31-42,93-94H2,1-13H3,(H2,95,119)(H,96,128)(H,97,137)(H,98,133)(H,99,134)(H,100,130)(H,101,132)(H,102,138)(H,103,139)(H,104,131)(H,105,143)(H,106,144)(H,107,120)(H,108,129)(H,109,136)(H,110,135)(H,111,127)(H,112,140)(H,121,122)(H,123,124)(H,125,126)(H,141,142)/t44-,45-,46-,47+,48+,55-,56-,57-,58-,59-,60-,61-,62-,63-,64-,70-,71-,72-,73-/m0/s1. The molecule has 3 rings (SSSR count). The van der Waals surface area contributed by atoms with E-state index in [1.807, 2.05) is 5.32 Å². The number of phenolic OH excluding ortho intramolecular Hbond substituents is 3. The molecular weight excluding hydrogens is 1900 g/mol. The van der Waals surface area contributed by atoms with Crippen LogP contribution in [0.25, 0.3) is 0 Å². The van der Waals surface area contributed by atoms with Crippen LogP contribution in [0.1, 0.15) is 177 Å². The summed E-state index contributed by atoms with van der Waals surface area (Å²) in [5, 5.41) is 141. The van der Waals surface area contributed by atoms with Crippen molar-refractivity contribution in [3.63, 3.8) is 0 Å². The van der Waals surface area contributed by atoms with Crippen molar-refractivity contribution in [1.29, 1.82) is 0 Å². The number of carboxylic acid groups (broad SMARTS) is 4. The highest BCUT2D eigenvalue weighted by molar-refractivity contribution is 6.03. The van der Waals surface area contributed by atoms with Crippen molar-refractivity contribution in [3.05, 3.63) is 89.5 Å². The van der Waals surface area contributed by atoms with E-state index in [-0.39, 0.29) is 67.0 Å². The zero-order valence-electron chi connectivity index (χ0n) is 82.2. The van der Waals surface area contributed by atoms with Crippen LogP contribution in [0.4, 0.5) is 0 Å². The van der Waals surface area contributed by atoms with Gasteiger partial charge >= 0.3 is 23.9 Å². The van der Waals surface area contributed by atoms with Gasteiger partial charge in [0.1, 0.15) is 113 Å². The Labute approximate surface area is 828 Å². The molecule has 0 aliphatic rings. The molecule has 0 unspecified atom stereocenters. The number of aliphatic hydroxyl groups excluding tert-OH is 3. The van der Waals surface area contributed by atoms with Gasteiger partial charge in [0, 0.05) is 19.3 Å². The lowest BCUT2D eigenvalue weighted by atomic mass is 9.95. The average molecular weight is 2040 g/mol. The molecule has 3 aromatic carbocycles. The molecule has 144 heavy (non-hydrogen) atoms. The van der Waals surface area contributed by atoms with Crippen molar-refractivity contribution in [2.24, 2.45) is 35.0 Å². The molecule has 0 bridgehead atoms. The van der Waals surface area contributed by atoms with Crippen LogP contribution >= 0.6 is 0 Å². The lowest BCUT2D eigenvalue weighted by Crippen LogP contribution is -2.64. The molecule has 0 aliphatic carbocycles. The third-order valence-electron chi connectivity index (χ3n) is 22.7. The SMILES string of the molecule is CC[C@H](C)[C@H](NC(=O)[C@H](CCCCN)NC(=O)[C@H](CC(=O)O)NC(=O)[C@H](CC(C)C)NC(=O)C(C)(C)NC(=O)[C@@H](NC(=O)[C@H](CO)NC(=O)[C@H](Cc1ccc(O)cc1)NC(=O)[C@H](CC(=O)O)NC(=O)[C@H](CC(N)=O)NC(=O)[C@@H](NC(=O)[C@H](Cc1ccc(O)cc1)NC(=O)[C@@H](NC(=O)CNC(=O)[C@H](CCC(=O)O)NC(=O)C(C)(C)NC(=O)[C@@H](N)Cc1ccc(O)cc1)[C@@H](C)O)[C@@H](C)O)[C@@H](C)CC)C(=O)N[C@@H](C)C(=O)O. The first-order chi connectivity index (χ1) is 67.2. The molecular formula is C92H138N20O32. The number of aromatic hydroxyl groups is 3. The summed E-state index contributed by atoms with van der Waals surface area (Å²) in [6.45, 7) is 15.5. The zero-order valence-corrected chi connectivity index (χ0v) is 82.2. The number of benzene rings is 3. The number of hydrogen-bond acceptors (Lipinski definition) is 30. The van der Waals surface area contributed by atoms with Gasteiger partial charge in [0.05, 0.1) is 50.7 Å². The first kappa shape index (κ1) is 123. The highest BCUT2D eigenvalue weighted by Gasteiger charge is 2.44. The summed E-state index contributed by atoms with van der Waals surface area (Å²) >= 11 is 0. The number of rotatable bonds is 63. The van der Waals surface area contributed by atoms with Gasteiger partial charge in [-0.05, 0) is 164 Å². The summed E-state index contributed by atoms with van der Waals surface area (Å²) in [5.74, 6) is -30.5. The van der Waals surface area contributed by atoms with Crippen LogP contribution in [0.3, 0.4) is 0 Å². The highest BCUT2D eigenvalue weighted by Crippen LogP contribution is 2.21. The van der Waals surface area contributed by atoms with Crippen LogP contribution in [0.15, 0.2) is 72.8 Å². The van der Waals surface area contributed by atoms with E-state index in [1.165, 1.54) is 102 Å². The third kappa shape index (κ3) is 42.5. The van der Waals surface area contributed by atoms with Gasteiger partial charge in [0.15, 0.2) is 0 Å². The largest absolute Gasteiger partial charge is 0.508 e. The Hall–Kier alpha value is -14.8. The highest BCUT2D eigenvalue weighted by atomic mass is 16.4. The van der Waals surface area contributed by atoms with E-state index >= 15 is 0 Å². The number of unbranched alkanes of at least 4 members (excludes halogenated alkanes) is 1. The number of nitrogens with two attached hydrogens (primary N) is 3. The summed E-state index contributed by atoms with van der Waals surface area (Å²) in [6, 6.07) is -11.6. The molecule has 0 radical (unpaired) electrons. The van der Waals surface area contributed by atoms with Crippen molar-refractivity contribution in [2.45, 2.75) is 294 Å². The molecule has 0 aromatic heterocycles. The lowest BCUT2D eigenvalue weighted by molar-refractivity contribution is -0.142. The number of amides is 18. The number of aliphatic hydroxyl groups is 3. The Morgan fingerprint density at radius 1 is 0.361 bits per heavy atom. The second-order valence-corrected chi connectivity index (χ2v) is 36.4. The Kier molecular flexibility index (Phi) is 50.7. The fourth-order valence-electron chi connectivity index (χ4n) is 13.8. The summed E-state index contributed by atoms with van der Waals surface area (Å²) in [7, 11) is 0. The van der Waals surface area contributed by atoms with Gasteiger partial charge in [-0.15, -0.1) is 0 Å². The fraction of sp³-hybridized carbons (Fsp3) is 0.565. The van der Waals surface area contributed by atoms with Crippen LogP contribution in [-0.2, 0) is 125 Å². The van der Waals surface area contributed by atoms with Gasteiger partial charge in [-0.25, -0.2) is 0 Å². The van der Waals surface area contributed by atoms with E-state index in [4.69, 9.17) is 17.2 Å². The minimum atomic E-state index is -2.31. The molecule has 0 saturated heterocycles. The molecule has 52 heteroatoms. The van der Waals surface area contributed by atoms with Gasteiger partial charge in [0.25, 0.3) is 0 Å². The maximum Gasteiger partial charge on any atom is 0.325 e. The van der Waals surface area contributed by atoms with E-state index in [0.29, 0.717) is 18.4 Å². The Morgan fingerprint density at radius 2 is 0.701 bits per heavy atom. The topological polar surface area (TPSA) is 860 Å². The number of carboxylic acids is 4. The smallest absolute Gasteiger partial charge is 0.325 e. The predicted octanol–water partition coefficient (Wildman–Crippen LogP) is -7.33. The van der Waals surface area contributed by atoms with Gasteiger partial charge in [0.2, 0.25) is 106 Å². The summed E-state index contributed by atoms with van der Waals surface area (Å²) < 4.78 is 0. The van der Waals surface area contributed by atoms with Crippen LogP contribution in [0.5, 0.6) is 17.2 Å². The lowest BCUT2D eigenvalue weighted by Gasteiger charge is -2.32. The molecule has 798 valence electrons. The minimum absolute atomic E-state index is 0.0336. The van der Waals surface area contributed by atoms with E-state index in [2.05, 4.69) is 85.1 Å². The number of hydrogen-bond donors (Lipinski definition) is 30. The number of primary amides is 1. The van der Waals surface area contributed by atoms with Gasteiger partial charge < -0.3 is 159 Å². The van der Waals surface area contributed by atoms with Gasteiger partial charge in [-0.2, -0.15) is 0 Å². The average Bonchev–Trinajstić information content (AvgIpc) is 0.823. The second-order valence-electron chi connectivity index (χ2n) is 36.4. The third-order valence-corrected chi connectivity index (χ3v) is 22.7. The molecule has 18 amide bonds. The fourth-order valence-corrected chi connectivity index (χ4v) is 13.8. The number of phenols is 3. The first-order valence-electron chi connectivity index (χ1n) is 46.3.